The zero-order valence-electron chi connectivity index (χ0n) is 12.2. The van der Waals surface area contributed by atoms with Crippen LogP contribution in [0.15, 0.2) is 24.3 Å². The van der Waals surface area contributed by atoms with Crippen molar-refractivity contribution in [1.29, 1.82) is 0 Å². The minimum Gasteiger partial charge on any atom is -0.494 e. The Balaban J connectivity index is 1.94. The topological polar surface area (TPSA) is 47.6 Å². The van der Waals surface area contributed by atoms with Gasteiger partial charge < -0.3 is 14.8 Å². The zero-order chi connectivity index (χ0) is 14.4. The van der Waals surface area contributed by atoms with Crippen molar-refractivity contribution >= 4 is 5.91 Å². The number of benzene rings is 1. The van der Waals surface area contributed by atoms with Crippen LogP contribution in [0.2, 0.25) is 0 Å². The van der Waals surface area contributed by atoms with Gasteiger partial charge in [0.25, 0.3) is 5.91 Å². The molecule has 4 nitrogen and oxygen atoms in total. The van der Waals surface area contributed by atoms with Gasteiger partial charge in [-0.2, -0.15) is 0 Å². The molecule has 2 atom stereocenters. The van der Waals surface area contributed by atoms with Crippen molar-refractivity contribution in [2.45, 2.75) is 45.3 Å². The summed E-state index contributed by atoms with van der Waals surface area (Å²) in [6, 6.07) is 7.33. The SMILES string of the molecule is CCCOc1cccc(C(=O)N[C@H](C)[C@@H]2CCCO2)c1. The molecule has 1 amide bonds. The Labute approximate surface area is 120 Å². The predicted molar refractivity (Wildman–Crippen MR) is 78.1 cm³/mol. The molecule has 1 aromatic carbocycles. The van der Waals surface area contributed by atoms with Crippen LogP contribution in [-0.2, 0) is 4.74 Å². The summed E-state index contributed by atoms with van der Waals surface area (Å²) in [5.41, 5.74) is 0.628. The molecule has 1 saturated heterocycles. The van der Waals surface area contributed by atoms with Crippen molar-refractivity contribution in [3.63, 3.8) is 0 Å². The smallest absolute Gasteiger partial charge is 0.251 e. The second kappa shape index (κ2) is 7.29. The zero-order valence-corrected chi connectivity index (χ0v) is 12.2. The Morgan fingerprint density at radius 3 is 3.10 bits per heavy atom. The van der Waals surface area contributed by atoms with Gasteiger partial charge in [0.1, 0.15) is 5.75 Å². The van der Waals surface area contributed by atoms with Gasteiger partial charge in [-0.25, -0.2) is 0 Å². The summed E-state index contributed by atoms with van der Waals surface area (Å²) in [5.74, 6) is 0.666. The summed E-state index contributed by atoms with van der Waals surface area (Å²) in [6.45, 7) is 5.51. The number of rotatable bonds is 6. The van der Waals surface area contributed by atoms with Gasteiger partial charge in [-0.1, -0.05) is 13.0 Å². The maximum Gasteiger partial charge on any atom is 0.251 e. The summed E-state index contributed by atoms with van der Waals surface area (Å²) in [7, 11) is 0. The molecule has 20 heavy (non-hydrogen) atoms. The number of ether oxygens (including phenoxy) is 2. The van der Waals surface area contributed by atoms with E-state index in [9.17, 15) is 4.79 Å². The lowest BCUT2D eigenvalue weighted by molar-refractivity contribution is 0.0712. The second-order valence-electron chi connectivity index (χ2n) is 5.19. The van der Waals surface area contributed by atoms with Crippen molar-refractivity contribution in [3.8, 4) is 5.75 Å². The third-order valence-corrected chi connectivity index (χ3v) is 3.45. The summed E-state index contributed by atoms with van der Waals surface area (Å²) in [4.78, 5) is 12.2. The highest BCUT2D eigenvalue weighted by atomic mass is 16.5. The molecule has 4 heteroatoms. The number of carbonyl (C=O) groups excluding carboxylic acids is 1. The highest BCUT2D eigenvalue weighted by molar-refractivity contribution is 5.94. The van der Waals surface area contributed by atoms with Crippen LogP contribution in [-0.4, -0.2) is 31.3 Å². The number of amides is 1. The summed E-state index contributed by atoms with van der Waals surface area (Å²) >= 11 is 0. The van der Waals surface area contributed by atoms with Crippen LogP contribution >= 0.6 is 0 Å². The minimum absolute atomic E-state index is 0.0326. The molecule has 0 unspecified atom stereocenters. The van der Waals surface area contributed by atoms with E-state index in [0.29, 0.717) is 12.2 Å². The highest BCUT2D eigenvalue weighted by Gasteiger charge is 2.23. The molecule has 0 aromatic heterocycles. The molecule has 1 fully saturated rings. The standard InChI is InChI=1S/C16H23NO3/c1-3-9-19-14-7-4-6-13(11-14)16(18)17-12(2)15-8-5-10-20-15/h4,6-7,11-12,15H,3,5,8-10H2,1-2H3,(H,17,18)/t12-,15+/m1/s1. The molecule has 1 heterocycles. The van der Waals surface area contributed by atoms with Crippen molar-refractivity contribution in [1.82, 2.24) is 5.32 Å². The van der Waals surface area contributed by atoms with E-state index < -0.39 is 0 Å². The van der Waals surface area contributed by atoms with Crippen LogP contribution < -0.4 is 10.1 Å². The molecule has 110 valence electrons. The van der Waals surface area contributed by atoms with E-state index in [2.05, 4.69) is 12.2 Å². The normalized spacial score (nSPS) is 19.6. The molecule has 1 aliphatic rings. The molecule has 0 radical (unpaired) electrons. The maximum atomic E-state index is 12.2. The molecule has 0 saturated carbocycles. The van der Waals surface area contributed by atoms with E-state index in [1.54, 1.807) is 12.1 Å². The molecule has 2 rings (SSSR count). The second-order valence-corrected chi connectivity index (χ2v) is 5.19. The first-order chi connectivity index (χ1) is 9.70. The largest absolute Gasteiger partial charge is 0.494 e. The quantitative estimate of drug-likeness (QED) is 0.869. The molecule has 1 N–H and O–H groups in total. The maximum absolute atomic E-state index is 12.2. The molecular weight excluding hydrogens is 254 g/mol. The van der Waals surface area contributed by atoms with E-state index in [1.807, 2.05) is 19.1 Å². The molecule has 1 aromatic rings. The van der Waals surface area contributed by atoms with Crippen LogP contribution in [0.4, 0.5) is 0 Å². The van der Waals surface area contributed by atoms with Crippen LogP contribution in [0.5, 0.6) is 5.75 Å². The van der Waals surface area contributed by atoms with Gasteiger partial charge in [-0.15, -0.1) is 0 Å². The van der Waals surface area contributed by atoms with Gasteiger partial charge in [0.15, 0.2) is 0 Å². The van der Waals surface area contributed by atoms with Crippen molar-refractivity contribution in [2.24, 2.45) is 0 Å². The van der Waals surface area contributed by atoms with E-state index in [-0.39, 0.29) is 18.1 Å². The fraction of sp³-hybridized carbons (Fsp3) is 0.562. The van der Waals surface area contributed by atoms with Crippen LogP contribution in [0.1, 0.15) is 43.5 Å². The minimum atomic E-state index is -0.0741. The van der Waals surface area contributed by atoms with E-state index in [0.717, 1.165) is 31.6 Å². The number of nitrogens with one attached hydrogen (secondary N) is 1. The predicted octanol–water partition coefficient (Wildman–Crippen LogP) is 2.77. The molecule has 0 aliphatic carbocycles. The van der Waals surface area contributed by atoms with Gasteiger partial charge in [0, 0.05) is 12.2 Å². The van der Waals surface area contributed by atoms with Gasteiger partial charge in [0.05, 0.1) is 18.8 Å². The number of hydrogen-bond donors (Lipinski definition) is 1. The Hall–Kier alpha value is -1.55. The van der Waals surface area contributed by atoms with Crippen LogP contribution in [0, 0.1) is 0 Å². The van der Waals surface area contributed by atoms with Crippen molar-refractivity contribution in [3.05, 3.63) is 29.8 Å². The van der Waals surface area contributed by atoms with Crippen LogP contribution in [0.25, 0.3) is 0 Å². The lowest BCUT2D eigenvalue weighted by atomic mass is 10.1. The van der Waals surface area contributed by atoms with Crippen LogP contribution in [0.3, 0.4) is 0 Å². The van der Waals surface area contributed by atoms with E-state index >= 15 is 0 Å². The first-order valence-electron chi connectivity index (χ1n) is 7.36. The number of carbonyl (C=O) groups is 1. The Morgan fingerprint density at radius 1 is 1.55 bits per heavy atom. The lowest BCUT2D eigenvalue weighted by Gasteiger charge is -2.20. The average molecular weight is 277 g/mol. The first kappa shape index (κ1) is 14.9. The summed E-state index contributed by atoms with van der Waals surface area (Å²) < 4.78 is 11.1. The van der Waals surface area contributed by atoms with E-state index in [1.165, 1.54) is 0 Å². The monoisotopic (exact) mass is 277 g/mol. The first-order valence-corrected chi connectivity index (χ1v) is 7.36. The Morgan fingerprint density at radius 2 is 2.40 bits per heavy atom. The highest BCUT2D eigenvalue weighted by Crippen LogP contribution is 2.17. The third-order valence-electron chi connectivity index (χ3n) is 3.45. The fourth-order valence-corrected chi connectivity index (χ4v) is 2.33. The van der Waals surface area contributed by atoms with Gasteiger partial charge in [-0.3, -0.25) is 4.79 Å². The third kappa shape index (κ3) is 3.97. The molecule has 1 aliphatic heterocycles. The molecule has 0 bridgehead atoms. The molecular formula is C16H23NO3. The lowest BCUT2D eigenvalue weighted by Crippen LogP contribution is -2.40. The van der Waals surface area contributed by atoms with E-state index in [4.69, 9.17) is 9.47 Å². The average Bonchev–Trinajstić information content (AvgIpc) is 2.99. The fourth-order valence-electron chi connectivity index (χ4n) is 2.33. The summed E-state index contributed by atoms with van der Waals surface area (Å²) in [6.07, 6.45) is 3.18. The van der Waals surface area contributed by atoms with Crippen molar-refractivity contribution < 1.29 is 14.3 Å². The van der Waals surface area contributed by atoms with Crippen molar-refractivity contribution in [2.75, 3.05) is 13.2 Å². The Kier molecular flexibility index (Phi) is 5.41. The molecule has 0 spiro atoms. The Bertz CT molecular complexity index is 441. The number of hydrogen-bond acceptors (Lipinski definition) is 3. The van der Waals surface area contributed by atoms with Gasteiger partial charge >= 0.3 is 0 Å². The summed E-state index contributed by atoms with van der Waals surface area (Å²) in [5, 5.41) is 3.00. The van der Waals surface area contributed by atoms with Gasteiger partial charge in [-0.05, 0) is 44.4 Å². The van der Waals surface area contributed by atoms with Gasteiger partial charge in [0.2, 0.25) is 0 Å².